The zero-order valence-electron chi connectivity index (χ0n) is 13.9. The average molecular weight is 392 g/mol. The molecule has 1 unspecified atom stereocenters. The SMILES string of the molecule is Cl.O=C(C1CC(F)(F)CN1)N1CCC(Oc2ccc([N+](=O)[O-])cc2)CC1. The smallest absolute Gasteiger partial charge is 0.269 e. The highest BCUT2D eigenvalue weighted by Gasteiger charge is 2.43. The first-order valence-corrected chi connectivity index (χ1v) is 8.15. The van der Waals surface area contributed by atoms with Crippen LogP contribution in [0.3, 0.4) is 0 Å². The minimum atomic E-state index is -2.82. The molecule has 0 aromatic heterocycles. The Morgan fingerprint density at radius 2 is 1.88 bits per heavy atom. The Morgan fingerprint density at radius 1 is 1.27 bits per heavy atom. The Balaban J connectivity index is 0.00000243. The number of nitro groups is 1. The summed E-state index contributed by atoms with van der Waals surface area (Å²) in [7, 11) is 0. The number of piperidine rings is 1. The molecule has 10 heteroatoms. The first kappa shape index (κ1) is 20.3. The molecular weight excluding hydrogens is 372 g/mol. The van der Waals surface area contributed by atoms with Gasteiger partial charge in [0.25, 0.3) is 11.6 Å². The van der Waals surface area contributed by atoms with Crippen molar-refractivity contribution in [3.8, 4) is 5.75 Å². The second-order valence-electron chi connectivity index (χ2n) is 6.39. The van der Waals surface area contributed by atoms with Crippen molar-refractivity contribution in [2.45, 2.75) is 37.3 Å². The molecule has 2 aliphatic heterocycles. The summed E-state index contributed by atoms with van der Waals surface area (Å²) >= 11 is 0. The van der Waals surface area contributed by atoms with E-state index in [0.29, 0.717) is 31.7 Å². The Morgan fingerprint density at radius 3 is 2.38 bits per heavy atom. The Labute approximate surface area is 155 Å². The Bertz CT molecular complexity index is 651. The number of nitrogens with one attached hydrogen (secondary N) is 1. The number of nitrogens with zero attached hydrogens (tertiary/aromatic N) is 2. The van der Waals surface area contributed by atoms with Crippen LogP contribution >= 0.6 is 12.4 Å². The molecule has 2 heterocycles. The van der Waals surface area contributed by atoms with Gasteiger partial charge in [0, 0.05) is 44.5 Å². The summed E-state index contributed by atoms with van der Waals surface area (Å²) in [6, 6.07) is 5.02. The van der Waals surface area contributed by atoms with Crippen molar-refractivity contribution in [1.82, 2.24) is 10.2 Å². The maximum atomic E-state index is 13.2. The number of likely N-dealkylation sites (tertiary alicyclic amines) is 1. The number of hydrogen-bond donors (Lipinski definition) is 1. The predicted octanol–water partition coefficient (Wildman–Crippen LogP) is 2.38. The Hall–Kier alpha value is -2.00. The van der Waals surface area contributed by atoms with Crippen LogP contribution in [0.1, 0.15) is 19.3 Å². The first-order valence-electron chi connectivity index (χ1n) is 8.15. The van der Waals surface area contributed by atoms with Crippen LogP contribution in [-0.2, 0) is 4.79 Å². The van der Waals surface area contributed by atoms with Crippen LogP contribution in [0.5, 0.6) is 5.75 Å². The van der Waals surface area contributed by atoms with Gasteiger partial charge in [-0.05, 0) is 12.1 Å². The van der Waals surface area contributed by atoms with Gasteiger partial charge in [-0.15, -0.1) is 12.4 Å². The normalized spacial score (nSPS) is 22.5. The van der Waals surface area contributed by atoms with Gasteiger partial charge in [0.2, 0.25) is 5.91 Å². The van der Waals surface area contributed by atoms with Crippen LogP contribution in [0.4, 0.5) is 14.5 Å². The van der Waals surface area contributed by atoms with Crippen molar-refractivity contribution in [3.63, 3.8) is 0 Å². The van der Waals surface area contributed by atoms with Crippen LogP contribution in [0.25, 0.3) is 0 Å². The zero-order chi connectivity index (χ0) is 18.0. The molecule has 0 aliphatic carbocycles. The minimum absolute atomic E-state index is 0. The number of benzene rings is 1. The zero-order valence-corrected chi connectivity index (χ0v) is 14.7. The van der Waals surface area contributed by atoms with Crippen LogP contribution in [0.15, 0.2) is 24.3 Å². The van der Waals surface area contributed by atoms with E-state index >= 15 is 0 Å². The molecule has 0 spiro atoms. The molecule has 2 saturated heterocycles. The largest absolute Gasteiger partial charge is 0.490 e. The fourth-order valence-electron chi connectivity index (χ4n) is 3.14. The molecule has 1 N–H and O–H groups in total. The van der Waals surface area contributed by atoms with Crippen molar-refractivity contribution < 1.29 is 23.2 Å². The summed E-state index contributed by atoms with van der Waals surface area (Å²) in [5.41, 5.74) is -0.00590. The third-order valence-corrected chi connectivity index (χ3v) is 4.51. The van der Waals surface area contributed by atoms with Gasteiger partial charge in [-0.2, -0.15) is 0 Å². The molecule has 7 nitrogen and oxygen atoms in total. The summed E-state index contributed by atoms with van der Waals surface area (Å²) in [6.07, 6.45) is 0.617. The maximum absolute atomic E-state index is 13.2. The lowest BCUT2D eigenvalue weighted by molar-refractivity contribution is -0.384. The molecule has 144 valence electrons. The quantitative estimate of drug-likeness (QED) is 0.629. The second kappa shape index (κ2) is 8.13. The van der Waals surface area contributed by atoms with Crippen molar-refractivity contribution in [2.75, 3.05) is 19.6 Å². The van der Waals surface area contributed by atoms with Crippen LogP contribution in [-0.4, -0.2) is 53.4 Å². The fourth-order valence-corrected chi connectivity index (χ4v) is 3.14. The van der Waals surface area contributed by atoms with Crippen molar-refractivity contribution >= 4 is 24.0 Å². The third-order valence-electron chi connectivity index (χ3n) is 4.51. The first-order chi connectivity index (χ1) is 11.8. The van der Waals surface area contributed by atoms with Gasteiger partial charge in [0.05, 0.1) is 17.5 Å². The van der Waals surface area contributed by atoms with Gasteiger partial charge in [-0.25, -0.2) is 8.78 Å². The van der Waals surface area contributed by atoms with Gasteiger partial charge in [-0.1, -0.05) is 0 Å². The summed E-state index contributed by atoms with van der Waals surface area (Å²) in [5.74, 6) is -2.57. The molecule has 1 atom stereocenters. The van der Waals surface area contributed by atoms with Gasteiger partial charge >= 0.3 is 0 Å². The number of ether oxygens (including phenoxy) is 1. The van der Waals surface area contributed by atoms with E-state index in [-0.39, 0.29) is 30.1 Å². The Kier molecular flexibility index (Phi) is 6.35. The van der Waals surface area contributed by atoms with E-state index in [1.165, 1.54) is 12.1 Å². The van der Waals surface area contributed by atoms with Crippen molar-refractivity contribution in [2.24, 2.45) is 0 Å². The number of carbonyl (C=O) groups is 1. The number of alkyl halides is 2. The molecule has 26 heavy (non-hydrogen) atoms. The number of amides is 1. The molecule has 1 aromatic carbocycles. The number of rotatable bonds is 4. The second-order valence-corrected chi connectivity index (χ2v) is 6.39. The van der Waals surface area contributed by atoms with Crippen LogP contribution in [0.2, 0.25) is 0 Å². The lowest BCUT2D eigenvalue weighted by Gasteiger charge is -2.33. The van der Waals surface area contributed by atoms with Crippen molar-refractivity contribution in [3.05, 3.63) is 34.4 Å². The van der Waals surface area contributed by atoms with Crippen molar-refractivity contribution in [1.29, 1.82) is 0 Å². The molecular formula is C16H20ClF2N3O4. The summed E-state index contributed by atoms with van der Waals surface area (Å²) in [5, 5.41) is 13.2. The molecule has 1 amide bonds. The summed E-state index contributed by atoms with van der Waals surface area (Å²) in [6.45, 7) is 0.434. The highest BCUT2D eigenvalue weighted by Crippen LogP contribution is 2.27. The molecule has 2 fully saturated rings. The molecule has 0 radical (unpaired) electrons. The van der Waals surface area contributed by atoms with E-state index in [4.69, 9.17) is 4.74 Å². The topological polar surface area (TPSA) is 84.7 Å². The van der Waals surface area contributed by atoms with Gasteiger partial charge in [0.1, 0.15) is 11.9 Å². The van der Waals surface area contributed by atoms with E-state index in [1.807, 2.05) is 0 Å². The predicted molar refractivity (Wildman–Crippen MR) is 91.9 cm³/mol. The van der Waals surface area contributed by atoms with E-state index in [0.717, 1.165) is 0 Å². The van der Waals surface area contributed by atoms with Gasteiger partial charge < -0.3 is 9.64 Å². The summed E-state index contributed by atoms with van der Waals surface area (Å²) < 4.78 is 32.2. The fraction of sp³-hybridized carbons (Fsp3) is 0.562. The summed E-state index contributed by atoms with van der Waals surface area (Å²) in [4.78, 5) is 24.0. The molecule has 2 aliphatic rings. The monoisotopic (exact) mass is 391 g/mol. The van der Waals surface area contributed by atoms with Gasteiger partial charge in [-0.3, -0.25) is 20.2 Å². The highest BCUT2D eigenvalue weighted by atomic mass is 35.5. The van der Waals surface area contributed by atoms with E-state index in [1.54, 1.807) is 17.0 Å². The number of nitro benzene ring substituents is 1. The average Bonchev–Trinajstić information content (AvgIpc) is 2.95. The van der Waals surface area contributed by atoms with E-state index < -0.39 is 29.9 Å². The standard InChI is InChI=1S/C16H19F2N3O4.ClH/c17-16(18)9-14(19-10-16)15(22)20-7-5-13(6-8-20)25-12-3-1-11(2-4-12)21(23)24;/h1-4,13-14,19H,5-10H2;1H. The maximum Gasteiger partial charge on any atom is 0.269 e. The van der Waals surface area contributed by atoms with E-state index in [9.17, 15) is 23.7 Å². The lowest BCUT2D eigenvalue weighted by Crippen LogP contribution is -2.48. The molecule has 3 rings (SSSR count). The number of halogens is 3. The highest BCUT2D eigenvalue weighted by molar-refractivity contribution is 5.85. The van der Waals surface area contributed by atoms with Crippen LogP contribution in [0, 0.1) is 10.1 Å². The number of hydrogen-bond acceptors (Lipinski definition) is 5. The van der Waals surface area contributed by atoms with Crippen LogP contribution < -0.4 is 10.1 Å². The van der Waals surface area contributed by atoms with E-state index in [2.05, 4.69) is 5.32 Å². The number of carbonyl (C=O) groups excluding carboxylic acids is 1. The van der Waals surface area contributed by atoms with Gasteiger partial charge in [0.15, 0.2) is 0 Å². The molecule has 1 aromatic rings. The minimum Gasteiger partial charge on any atom is -0.490 e. The lowest BCUT2D eigenvalue weighted by atomic mass is 10.1. The number of non-ortho nitro benzene ring substituents is 1. The molecule has 0 saturated carbocycles. The molecule has 0 bridgehead atoms. The third kappa shape index (κ3) is 4.79.